The lowest BCUT2D eigenvalue weighted by atomic mass is 10.2. The van der Waals surface area contributed by atoms with Crippen LogP contribution in [0.3, 0.4) is 0 Å². The molecule has 1 heterocycles. The van der Waals surface area contributed by atoms with E-state index in [1.807, 2.05) is 25.7 Å². The van der Waals surface area contributed by atoms with Crippen LogP contribution in [0.1, 0.15) is 20.8 Å². The Morgan fingerprint density at radius 1 is 1.20 bits per heavy atom. The van der Waals surface area contributed by atoms with Crippen LogP contribution < -0.4 is 0 Å². The molecule has 0 spiro atoms. The molecule has 1 rings (SSSR count). The van der Waals surface area contributed by atoms with Crippen molar-refractivity contribution in [2.24, 2.45) is 0 Å². The highest BCUT2D eigenvalue weighted by atomic mass is 28.3. The van der Waals surface area contributed by atoms with Crippen molar-refractivity contribution in [2.75, 3.05) is 6.54 Å². The molecule has 5 heteroatoms. The molecule has 0 aliphatic carbocycles. The summed E-state index contributed by atoms with van der Waals surface area (Å²) in [7, 11) is -2.90. The summed E-state index contributed by atoms with van der Waals surface area (Å²) in [5.41, 5.74) is -0.132. The van der Waals surface area contributed by atoms with Gasteiger partial charge in [0.1, 0.15) is 5.60 Å². The van der Waals surface area contributed by atoms with Crippen LogP contribution in [0.15, 0.2) is 11.3 Å². The standard InChI is InChI=1S/C15H31NO2Si2/c1-15(2,3)18-14(17)16-11-10-12(19(4,5)6)13(16)20(7,8)9/h10,13H,11H2,1-9H3. The van der Waals surface area contributed by atoms with Crippen LogP contribution in [0.25, 0.3) is 0 Å². The summed E-state index contributed by atoms with van der Waals surface area (Å²) >= 11 is 0. The molecule has 3 nitrogen and oxygen atoms in total. The lowest BCUT2D eigenvalue weighted by Gasteiger charge is -2.39. The van der Waals surface area contributed by atoms with Crippen molar-refractivity contribution in [3.05, 3.63) is 11.3 Å². The fraction of sp³-hybridized carbons (Fsp3) is 0.800. The summed E-state index contributed by atoms with van der Waals surface area (Å²) in [5, 5.41) is 1.53. The monoisotopic (exact) mass is 313 g/mol. The Hall–Kier alpha value is -0.556. The fourth-order valence-corrected chi connectivity index (χ4v) is 9.21. The third-order valence-corrected chi connectivity index (χ3v) is 8.19. The minimum atomic E-state index is -1.51. The van der Waals surface area contributed by atoms with Gasteiger partial charge >= 0.3 is 6.09 Å². The molecular weight excluding hydrogens is 282 g/mol. The molecule has 1 unspecified atom stereocenters. The van der Waals surface area contributed by atoms with Crippen LogP contribution in [0, 0.1) is 0 Å². The van der Waals surface area contributed by atoms with E-state index in [-0.39, 0.29) is 6.09 Å². The van der Waals surface area contributed by atoms with Gasteiger partial charge in [-0.2, -0.15) is 0 Å². The van der Waals surface area contributed by atoms with E-state index < -0.39 is 21.7 Å². The van der Waals surface area contributed by atoms with Crippen molar-refractivity contribution in [1.82, 2.24) is 4.90 Å². The third-order valence-electron chi connectivity index (χ3n) is 3.43. The zero-order valence-electron chi connectivity index (χ0n) is 14.6. The van der Waals surface area contributed by atoms with E-state index in [0.717, 1.165) is 0 Å². The first kappa shape index (κ1) is 17.5. The number of carbonyl (C=O) groups is 1. The molecule has 116 valence electrons. The number of hydrogen-bond donors (Lipinski definition) is 0. The molecule has 0 aromatic heterocycles. The summed E-state index contributed by atoms with van der Waals surface area (Å²) in [5.74, 6) is 0. The van der Waals surface area contributed by atoms with E-state index in [1.54, 1.807) is 0 Å². The van der Waals surface area contributed by atoms with Gasteiger partial charge in [0, 0.05) is 12.2 Å². The Labute approximate surface area is 126 Å². The Bertz CT molecular complexity index is 411. The van der Waals surface area contributed by atoms with Crippen LogP contribution in [0.4, 0.5) is 4.79 Å². The highest BCUT2D eigenvalue weighted by Gasteiger charge is 2.45. The zero-order valence-corrected chi connectivity index (χ0v) is 16.6. The normalized spacial score (nSPS) is 20.9. The second kappa shape index (κ2) is 5.33. The molecule has 1 atom stereocenters. The average molecular weight is 314 g/mol. The Morgan fingerprint density at radius 3 is 2.05 bits per heavy atom. The first-order valence-electron chi connectivity index (χ1n) is 7.43. The maximum Gasteiger partial charge on any atom is 0.410 e. The predicted octanol–water partition coefficient (Wildman–Crippen LogP) is 4.29. The van der Waals surface area contributed by atoms with Crippen LogP contribution >= 0.6 is 0 Å². The number of carbonyl (C=O) groups excluding carboxylic acids is 1. The van der Waals surface area contributed by atoms with E-state index >= 15 is 0 Å². The molecule has 0 aromatic carbocycles. The van der Waals surface area contributed by atoms with E-state index in [9.17, 15) is 4.79 Å². The van der Waals surface area contributed by atoms with E-state index in [2.05, 4.69) is 45.4 Å². The minimum absolute atomic E-state index is 0.158. The van der Waals surface area contributed by atoms with Crippen LogP contribution in [-0.2, 0) is 4.74 Å². The molecule has 20 heavy (non-hydrogen) atoms. The first-order chi connectivity index (χ1) is 8.73. The average Bonchev–Trinajstić information content (AvgIpc) is 2.56. The van der Waals surface area contributed by atoms with E-state index in [4.69, 9.17) is 4.74 Å². The third kappa shape index (κ3) is 4.22. The molecule has 0 saturated heterocycles. The predicted molar refractivity (Wildman–Crippen MR) is 91.5 cm³/mol. The number of ether oxygens (including phenoxy) is 1. The number of rotatable bonds is 2. The van der Waals surface area contributed by atoms with Gasteiger partial charge < -0.3 is 9.64 Å². The Morgan fingerprint density at radius 2 is 1.70 bits per heavy atom. The fourth-order valence-electron chi connectivity index (χ4n) is 2.73. The highest BCUT2D eigenvalue weighted by molar-refractivity contribution is 6.88. The molecular formula is C15H31NO2Si2. The van der Waals surface area contributed by atoms with Crippen molar-refractivity contribution in [3.63, 3.8) is 0 Å². The molecule has 0 aromatic rings. The summed E-state index contributed by atoms with van der Waals surface area (Å²) in [6.07, 6.45) is 2.13. The molecule has 1 aliphatic rings. The summed E-state index contributed by atoms with van der Waals surface area (Å²) in [4.78, 5) is 14.5. The minimum Gasteiger partial charge on any atom is -0.444 e. The van der Waals surface area contributed by atoms with Gasteiger partial charge in [0.05, 0.1) is 16.1 Å². The zero-order chi connectivity index (χ0) is 15.9. The van der Waals surface area contributed by atoms with Gasteiger partial charge in [-0.3, -0.25) is 0 Å². The van der Waals surface area contributed by atoms with Gasteiger partial charge in [0.15, 0.2) is 0 Å². The highest BCUT2D eigenvalue weighted by Crippen LogP contribution is 2.34. The second-order valence-corrected chi connectivity index (χ2v) is 19.2. The molecule has 1 amide bonds. The first-order valence-corrected chi connectivity index (χ1v) is 14.5. The summed E-state index contributed by atoms with van der Waals surface area (Å²) in [6, 6.07) is 0. The van der Waals surface area contributed by atoms with Crippen molar-refractivity contribution in [3.8, 4) is 0 Å². The van der Waals surface area contributed by atoms with Crippen molar-refractivity contribution >= 4 is 22.2 Å². The Kier molecular flexibility index (Phi) is 4.66. The smallest absolute Gasteiger partial charge is 0.410 e. The number of amides is 1. The van der Waals surface area contributed by atoms with Crippen molar-refractivity contribution in [2.45, 2.75) is 71.3 Å². The second-order valence-electron chi connectivity index (χ2n) is 8.81. The van der Waals surface area contributed by atoms with Gasteiger partial charge in [-0.05, 0) is 20.8 Å². The largest absolute Gasteiger partial charge is 0.444 e. The summed E-state index contributed by atoms with van der Waals surface area (Å²) < 4.78 is 5.60. The molecule has 1 aliphatic heterocycles. The number of nitrogens with zero attached hydrogens (tertiary/aromatic N) is 1. The van der Waals surface area contributed by atoms with Crippen molar-refractivity contribution in [1.29, 1.82) is 0 Å². The Balaban J connectivity index is 3.04. The van der Waals surface area contributed by atoms with Gasteiger partial charge in [-0.15, -0.1) is 0 Å². The number of hydrogen-bond acceptors (Lipinski definition) is 2. The van der Waals surface area contributed by atoms with Crippen LogP contribution in [0.5, 0.6) is 0 Å². The van der Waals surface area contributed by atoms with Crippen LogP contribution in [0.2, 0.25) is 39.3 Å². The van der Waals surface area contributed by atoms with Gasteiger partial charge in [0.2, 0.25) is 0 Å². The lowest BCUT2D eigenvalue weighted by Crippen LogP contribution is -2.55. The lowest BCUT2D eigenvalue weighted by molar-refractivity contribution is 0.0277. The maximum atomic E-state index is 12.5. The summed E-state index contributed by atoms with van der Waals surface area (Å²) in [6.45, 7) is 20.6. The van der Waals surface area contributed by atoms with Crippen LogP contribution in [-0.4, -0.2) is 45.0 Å². The molecule has 0 saturated carbocycles. The van der Waals surface area contributed by atoms with Gasteiger partial charge in [-0.25, -0.2) is 4.79 Å². The topological polar surface area (TPSA) is 29.5 Å². The molecule has 0 fully saturated rings. The van der Waals surface area contributed by atoms with E-state index in [0.29, 0.717) is 12.2 Å². The van der Waals surface area contributed by atoms with Crippen molar-refractivity contribution < 1.29 is 9.53 Å². The SMILES string of the molecule is CC(C)(C)OC(=O)N1CC=C([Si](C)(C)C)C1[Si](C)(C)C. The molecule has 0 N–H and O–H groups in total. The molecule has 0 bridgehead atoms. The maximum absolute atomic E-state index is 12.5. The molecule has 0 radical (unpaired) electrons. The van der Waals surface area contributed by atoms with E-state index in [1.165, 1.54) is 5.20 Å². The van der Waals surface area contributed by atoms with Gasteiger partial charge in [0.25, 0.3) is 0 Å². The quantitative estimate of drug-likeness (QED) is 0.712. The van der Waals surface area contributed by atoms with Gasteiger partial charge in [-0.1, -0.05) is 50.6 Å².